The van der Waals surface area contributed by atoms with Crippen LogP contribution in [0.3, 0.4) is 0 Å². The third kappa shape index (κ3) is 2.18. The Kier molecular flexibility index (Phi) is 2.68. The van der Waals surface area contributed by atoms with Gasteiger partial charge in [0.05, 0.1) is 17.2 Å². The lowest BCUT2D eigenvalue weighted by atomic mass is 9.92. The molecule has 0 atom stereocenters. The summed E-state index contributed by atoms with van der Waals surface area (Å²) in [4.78, 5) is 4.24. The zero-order valence-electron chi connectivity index (χ0n) is 9.57. The SMILES string of the molecule is CC(C)(C#N)c1coc(-c2ccc(F)cc2)n1. The number of rotatable bonds is 2. The number of nitriles is 1. The molecule has 0 bridgehead atoms. The van der Waals surface area contributed by atoms with E-state index in [0.29, 0.717) is 17.1 Å². The summed E-state index contributed by atoms with van der Waals surface area (Å²) in [5, 5.41) is 8.98. The van der Waals surface area contributed by atoms with Gasteiger partial charge in [0, 0.05) is 5.56 Å². The van der Waals surface area contributed by atoms with E-state index in [4.69, 9.17) is 9.68 Å². The molecular formula is C13H11FN2O. The van der Waals surface area contributed by atoms with Gasteiger partial charge in [0.2, 0.25) is 5.89 Å². The lowest BCUT2D eigenvalue weighted by Gasteiger charge is -2.09. The first-order chi connectivity index (χ1) is 8.03. The Labute approximate surface area is 98.5 Å². The number of aromatic nitrogens is 1. The summed E-state index contributed by atoms with van der Waals surface area (Å²) >= 11 is 0. The van der Waals surface area contributed by atoms with Gasteiger partial charge < -0.3 is 4.42 Å². The molecule has 2 rings (SSSR count). The molecule has 0 saturated carbocycles. The van der Waals surface area contributed by atoms with Gasteiger partial charge in [0.1, 0.15) is 12.1 Å². The largest absolute Gasteiger partial charge is 0.444 e. The Morgan fingerprint density at radius 2 is 1.94 bits per heavy atom. The van der Waals surface area contributed by atoms with Crippen molar-refractivity contribution in [1.82, 2.24) is 4.98 Å². The van der Waals surface area contributed by atoms with Crippen LogP contribution in [0.2, 0.25) is 0 Å². The molecule has 0 aliphatic rings. The molecule has 3 nitrogen and oxygen atoms in total. The van der Waals surface area contributed by atoms with Crippen LogP contribution in [-0.4, -0.2) is 4.98 Å². The Bertz CT molecular complexity index is 564. The van der Waals surface area contributed by atoms with E-state index < -0.39 is 5.41 Å². The van der Waals surface area contributed by atoms with Crippen LogP contribution in [0.1, 0.15) is 19.5 Å². The third-order valence-electron chi connectivity index (χ3n) is 2.52. The molecule has 86 valence electrons. The minimum atomic E-state index is -0.693. The second-order valence-corrected chi connectivity index (χ2v) is 4.28. The van der Waals surface area contributed by atoms with Crippen molar-refractivity contribution < 1.29 is 8.81 Å². The van der Waals surface area contributed by atoms with Gasteiger partial charge in [-0.15, -0.1) is 0 Å². The second kappa shape index (κ2) is 4.02. The fraction of sp³-hybridized carbons (Fsp3) is 0.231. The van der Waals surface area contributed by atoms with Crippen molar-refractivity contribution in [1.29, 1.82) is 5.26 Å². The van der Waals surface area contributed by atoms with Gasteiger partial charge in [0.15, 0.2) is 0 Å². The van der Waals surface area contributed by atoms with E-state index in [2.05, 4.69) is 11.1 Å². The van der Waals surface area contributed by atoms with Gasteiger partial charge in [0.25, 0.3) is 0 Å². The first-order valence-electron chi connectivity index (χ1n) is 5.16. The minimum absolute atomic E-state index is 0.308. The van der Waals surface area contributed by atoms with Gasteiger partial charge in [-0.3, -0.25) is 0 Å². The maximum absolute atomic E-state index is 12.8. The monoisotopic (exact) mass is 230 g/mol. The Morgan fingerprint density at radius 3 is 2.53 bits per heavy atom. The lowest BCUT2D eigenvalue weighted by molar-refractivity contribution is 0.565. The summed E-state index contributed by atoms with van der Waals surface area (Å²) in [5.74, 6) is 0.0845. The molecule has 0 N–H and O–H groups in total. The summed E-state index contributed by atoms with van der Waals surface area (Å²) in [5.41, 5.74) is 0.563. The first-order valence-corrected chi connectivity index (χ1v) is 5.16. The van der Waals surface area contributed by atoms with Crippen molar-refractivity contribution in [2.75, 3.05) is 0 Å². The molecule has 0 unspecified atom stereocenters. The van der Waals surface area contributed by atoms with Crippen LogP contribution in [0.25, 0.3) is 11.5 Å². The second-order valence-electron chi connectivity index (χ2n) is 4.28. The summed E-state index contributed by atoms with van der Waals surface area (Å²) in [7, 11) is 0. The van der Waals surface area contributed by atoms with Crippen LogP contribution in [0.15, 0.2) is 34.9 Å². The Morgan fingerprint density at radius 1 is 1.29 bits per heavy atom. The van der Waals surface area contributed by atoms with Gasteiger partial charge in [-0.05, 0) is 38.1 Å². The van der Waals surface area contributed by atoms with E-state index in [-0.39, 0.29) is 5.82 Å². The molecule has 1 aromatic carbocycles. The summed E-state index contributed by atoms with van der Waals surface area (Å²) in [6.45, 7) is 3.53. The van der Waals surface area contributed by atoms with Crippen LogP contribution in [0, 0.1) is 17.1 Å². The molecule has 1 heterocycles. The maximum atomic E-state index is 12.8. The Hall–Kier alpha value is -2.15. The molecule has 1 aromatic heterocycles. The van der Waals surface area contributed by atoms with E-state index in [1.54, 1.807) is 26.0 Å². The van der Waals surface area contributed by atoms with Crippen LogP contribution in [-0.2, 0) is 5.41 Å². The average molecular weight is 230 g/mol. The average Bonchev–Trinajstić information content (AvgIpc) is 2.80. The number of halogens is 1. The summed E-state index contributed by atoms with van der Waals surface area (Å²) in [6, 6.07) is 8.01. The van der Waals surface area contributed by atoms with Crippen LogP contribution >= 0.6 is 0 Å². The van der Waals surface area contributed by atoms with Crippen molar-refractivity contribution in [3.63, 3.8) is 0 Å². The number of nitrogens with zero attached hydrogens (tertiary/aromatic N) is 2. The maximum Gasteiger partial charge on any atom is 0.226 e. The molecule has 0 spiro atoms. The van der Waals surface area contributed by atoms with Crippen LogP contribution < -0.4 is 0 Å². The third-order valence-corrected chi connectivity index (χ3v) is 2.52. The van der Waals surface area contributed by atoms with E-state index in [1.807, 2.05) is 0 Å². The molecule has 4 heteroatoms. The van der Waals surface area contributed by atoms with E-state index >= 15 is 0 Å². The topological polar surface area (TPSA) is 49.8 Å². The van der Waals surface area contributed by atoms with Gasteiger partial charge in [-0.1, -0.05) is 0 Å². The highest BCUT2D eigenvalue weighted by molar-refractivity contribution is 5.53. The summed E-state index contributed by atoms with van der Waals surface area (Å²) < 4.78 is 18.1. The zero-order chi connectivity index (χ0) is 12.5. The molecule has 0 aliphatic heterocycles. The number of hydrogen-bond acceptors (Lipinski definition) is 3. The predicted octanol–water partition coefficient (Wildman–Crippen LogP) is 3.28. The van der Waals surface area contributed by atoms with Crippen LogP contribution in [0.5, 0.6) is 0 Å². The number of hydrogen-bond donors (Lipinski definition) is 0. The van der Waals surface area contributed by atoms with Gasteiger partial charge in [-0.2, -0.15) is 5.26 Å². The molecule has 0 radical (unpaired) electrons. The van der Waals surface area contributed by atoms with Crippen molar-refractivity contribution >= 4 is 0 Å². The van der Waals surface area contributed by atoms with Crippen molar-refractivity contribution in [2.24, 2.45) is 0 Å². The Balaban J connectivity index is 2.37. The highest BCUT2D eigenvalue weighted by atomic mass is 19.1. The fourth-order valence-corrected chi connectivity index (χ4v) is 1.34. The van der Waals surface area contributed by atoms with Gasteiger partial charge >= 0.3 is 0 Å². The van der Waals surface area contributed by atoms with Crippen molar-refractivity contribution in [3.8, 4) is 17.5 Å². The number of benzene rings is 1. The summed E-state index contributed by atoms with van der Waals surface area (Å²) in [6.07, 6.45) is 1.46. The van der Waals surface area contributed by atoms with E-state index in [1.165, 1.54) is 18.4 Å². The van der Waals surface area contributed by atoms with Gasteiger partial charge in [-0.25, -0.2) is 9.37 Å². The lowest BCUT2D eigenvalue weighted by Crippen LogP contribution is -2.14. The molecule has 0 saturated heterocycles. The van der Waals surface area contributed by atoms with Crippen molar-refractivity contribution in [3.05, 3.63) is 42.0 Å². The standard InChI is InChI=1S/C13H11FN2O/c1-13(2,8-15)11-7-17-12(16-11)9-3-5-10(14)6-4-9/h3-7H,1-2H3. The molecular weight excluding hydrogens is 219 g/mol. The first kappa shape index (κ1) is 11.3. The normalized spacial score (nSPS) is 11.2. The minimum Gasteiger partial charge on any atom is -0.444 e. The quantitative estimate of drug-likeness (QED) is 0.795. The molecule has 2 aromatic rings. The molecule has 0 amide bonds. The smallest absolute Gasteiger partial charge is 0.226 e. The zero-order valence-corrected chi connectivity index (χ0v) is 9.57. The molecule has 17 heavy (non-hydrogen) atoms. The van der Waals surface area contributed by atoms with E-state index in [0.717, 1.165) is 0 Å². The molecule has 0 aliphatic carbocycles. The molecule has 0 fully saturated rings. The van der Waals surface area contributed by atoms with Crippen molar-refractivity contribution in [2.45, 2.75) is 19.3 Å². The predicted molar refractivity (Wildman–Crippen MR) is 60.5 cm³/mol. The fourth-order valence-electron chi connectivity index (χ4n) is 1.34. The van der Waals surface area contributed by atoms with Crippen LogP contribution in [0.4, 0.5) is 4.39 Å². The number of oxazole rings is 1. The van der Waals surface area contributed by atoms with E-state index in [9.17, 15) is 4.39 Å². The highest BCUT2D eigenvalue weighted by Crippen LogP contribution is 2.25. The highest BCUT2D eigenvalue weighted by Gasteiger charge is 2.24.